The molecule has 0 radical (unpaired) electrons. The lowest BCUT2D eigenvalue weighted by molar-refractivity contribution is -0.142. The standard InChI is InChI=1S/C21H33NO4/c1-3-4-5-6-7-8-9-10-11-12-19(22-26-16-21(24)25)18-15-17(2)13-14-20(18)23/h13-15,23H,3-12,16H2,1-2H3,(H,24,25)/b22-19+. The highest BCUT2D eigenvalue weighted by atomic mass is 16.6. The monoisotopic (exact) mass is 363 g/mol. The number of aliphatic carboxylic acids is 1. The van der Waals surface area contributed by atoms with Gasteiger partial charge in [-0.2, -0.15) is 0 Å². The molecule has 0 aromatic heterocycles. The Morgan fingerprint density at radius 1 is 1.04 bits per heavy atom. The van der Waals surface area contributed by atoms with Crippen molar-refractivity contribution in [3.05, 3.63) is 29.3 Å². The number of carboxylic acids is 1. The first-order chi connectivity index (χ1) is 12.5. The van der Waals surface area contributed by atoms with E-state index in [2.05, 4.69) is 12.1 Å². The Kier molecular flexibility index (Phi) is 11.2. The summed E-state index contributed by atoms with van der Waals surface area (Å²) < 4.78 is 0. The van der Waals surface area contributed by atoms with Gasteiger partial charge in [-0.25, -0.2) is 4.79 Å². The Morgan fingerprint density at radius 3 is 2.27 bits per heavy atom. The van der Waals surface area contributed by atoms with Gasteiger partial charge in [0.25, 0.3) is 0 Å². The molecular formula is C21H33NO4. The zero-order chi connectivity index (χ0) is 19.2. The van der Waals surface area contributed by atoms with Crippen LogP contribution in [0.5, 0.6) is 5.75 Å². The second-order valence-electron chi connectivity index (χ2n) is 6.80. The number of carbonyl (C=O) groups is 1. The van der Waals surface area contributed by atoms with E-state index in [0.29, 0.717) is 17.7 Å². The summed E-state index contributed by atoms with van der Waals surface area (Å²) in [5, 5.41) is 22.8. The summed E-state index contributed by atoms with van der Waals surface area (Å²) in [6.45, 7) is 3.69. The molecule has 0 aliphatic heterocycles. The number of hydrogen-bond acceptors (Lipinski definition) is 4. The van der Waals surface area contributed by atoms with Crippen LogP contribution in [0, 0.1) is 6.92 Å². The molecule has 5 nitrogen and oxygen atoms in total. The second-order valence-corrected chi connectivity index (χ2v) is 6.80. The van der Waals surface area contributed by atoms with Crippen LogP contribution < -0.4 is 0 Å². The number of aromatic hydroxyl groups is 1. The SMILES string of the molecule is CCCCCCCCCCC/C(=N\OCC(=O)O)c1cc(C)ccc1O. The van der Waals surface area contributed by atoms with Crippen LogP contribution >= 0.6 is 0 Å². The lowest BCUT2D eigenvalue weighted by Crippen LogP contribution is -2.08. The normalized spacial score (nSPS) is 11.5. The summed E-state index contributed by atoms with van der Waals surface area (Å²) in [5.74, 6) is -0.922. The molecule has 26 heavy (non-hydrogen) atoms. The topological polar surface area (TPSA) is 79.1 Å². The van der Waals surface area contributed by atoms with Gasteiger partial charge in [0.15, 0.2) is 0 Å². The molecule has 0 spiro atoms. The Hall–Kier alpha value is -2.04. The maximum absolute atomic E-state index is 10.6. The Morgan fingerprint density at radius 2 is 1.65 bits per heavy atom. The number of benzene rings is 1. The van der Waals surface area contributed by atoms with Crippen molar-refractivity contribution in [3.63, 3.8) is 0 Å². The molecule has 0 unspecified atom stereocenters. The largest absolute Gasteiger partial charge is 0.507 e. The lowest BCUT2D eigenvalue weighted by Gasteiger charge is -2.10. The van der Waals surface area contributed by atoms with Gasteiger partial charge in [-0.05, 0) is 31.9 Å². The highest BCUT2D eigenvalue weighted by Crippen LogP contribution is 2.22. The molecule has 0 heterocycles. The number of carboxylic acid groups (broad SMARTS) is 1. The minimum Gasteiger partial charge on any atom is -0.507 e. The third kappa shape index (κ3) is 9.44. The van der Waals surface area contributed by atoms with Crippen molar-refractivity contribution in [2.45, 2.75) is 78.1 Å². The van der Waals surface area contributed by atoms with Crippen molar-refractivity contribution in [2.75, 3.05) is 6.61 Å². The molecule has 0 atom stereocenters. The van der Waals surface area contributed by atoms with Crippen LogP contribution in [0.1, 0.15) is 82.3 Å². The summed E-state index contributed by atoms with van der Waals surface area (Å²) in [5.41, 5.74) is 2.24. The highest BCUT2D eigenvalue weighted by molar-refractivity contribution is 6.02. The summed E-state index contributed by atoms with van der Waals surface area (Å²) in [6.07, 6.45) is 11.7. The van der Waals surface area contributed by atoms with Crippen molar-refractivity contribution in [1.29, 1.82) is 0 Å². The quantitative estimate of drug-likeness (QED) is 0.262. The van der Waals surface area contributed by atoms with Crippen LogP contribution in [0.15, 0.2) is 23.4 Å². The molecular weight excluding hydrogens is 330 g/mol. The van der Waals surface area contributed by atoms with Crippen molar-refractivity contribution in [3.8, 4) is 5.75 Å². The zero-order valence-electron chi connectivity index (χ0n) is 16.2. The smallest absolute Gasteiger partial charge is 0.344 e. The van der Waals surface area contributed by atoms with Gasteiger partial charge in [0.2, 0.25) is 6.61 Å². The van der Waals surface area contributed by atoms with E-state index in [9.17, 15) is 9.90 Å². The molecule has 0 aliphatic carbocycles. The molecule has 0 bridgehead atoms. The molecule has 5 heteroatoms. The van der Waals surface area contributed by atoms with E-state index in [1.165, 1.54) is 44.9 Å². The van der Waals surface area contributed by atoms with Crippen LogP contribution in [0.2, 0.25) is 0 Å². The summed E-state index contributed by atoms with van der Waals surface area (Å²) in [4.78, 5) is 15.5. The molecule has 0 saturated heterocycles. The first kappa shape index (κ1) is 22.0. The maximum atomic E-state index is 10.6. The number of nitrogens with zero attached hydrogens (tertiary/aromatic N) is 1. The molecule has 146 valence electrons. The minimum absolute atomic E-state index is 0.143. The van der Waals surface area contributed by atoms with Gasteiger partial charge in [0, 0.05) is 5.56 Å². The van der Waals surface area contributed by atoms with Gasteiger partial charge in [0.05, 0.1) is 5.71 Å². The Labute approximate surface area is 157 Å². The number of rotatable bonds is 14. The third-order valence-electron chi connectivity index (χ3n) is 4.34. The van der Waals surface area contributed by atoms with E-state index in [1.54, 1.807) is 6.07 Å². The van der Waals surface area contributed by atoms with E-state index < -0.39 is 12.6 Å². The van der Waals surface area contributed by atoms with Gasteiger partial charge in [-0.15, -0.1) is 0 Å². The van der Waals surface area contributed by atoms with E-state index in [0.717, 1.165) is 18.4 Å². The Balaban J connectivity index is 2.48. The second kappa shape index (κ2) is 13.2. The van der Waals surface area contributed by atoms with Gasteiger partial charge < -0.3 is 15.1 Å². The van der Waals surface area contributed by atoms with Gasteiger partial charge in [0.1, 0.15) is 5.75 Å². The maximum Gasteiger partial charge on any atom is 0.344 e. The van der Waals surface area contributed by atoms with E-state index in [-0.39, 0.29) is 5.75 Å². The lowest BCUT2D eigenvalue weighted by atomic mass is 10.00. The first-order valence-corrected chi connectivity index (χ1v) is 9.75. The van der Waals surface area contributed by atoms with Gasteiger partial charge >= 0.3 is 5.97 Å². The fourth-order valence-electron chi connectivity index (χ4n) is 2.88. The van der Waals surface area contributed by atoms with Crippen molar-refractivity contribution < 1.29 is 19.8 Å². The Bertz CT molecular complexity index is 569. The summed E-state index contributed by atoms with van der Waals surface area (Å²) >= 11 is 0. The molecule has 1 aromatic rings. The summed E-state index contributed by atoms with van der Waals surface area (Å²) in [6, 6.07) is 5.31. The van der Waals surface area contributed by atoms with Crippen LogP contribution in [-0.4, -0.2) is 28.5 Å². The average Bonchev–Trinajstić information content (AvgIpc) is 2.60. The van der Waals surface area contributed by atoms with Crippen LogP contribution in [0.25, 0.3) is 0 Å². The van der Waals surface area contributed by atoms with Crippen molar-refractivity contribution >= 4 is 11.7 Å². The fraction of sp³-hybridized carbons (Fsp3) is 0.619. The van der Waals surface area contributed by atoms with Crippen LogP contribution in [0.4, 0.5) is 0 Å². The molecule has 0 aliphatic rings. The number of phenolic OH excluding ortho intramolecular Hbond substituents is 1. The summed E-state index contributed by atoms with van der Waals surface area (Å²) in [7, 11) is 0. The molecule has 0 amide bonds. The fourth-order valence-corrected chi connectivity index (χ4v) is 2.88. The van der Waals surface area contributed by atoms with E-state index in [4.69, 9.17) is 9.94 Å². The molecule has 0 saturated carbocycles. The number of unbranched alkanes of at least 4 members (excludes halogenated alkanes) is 8. The molecule has 2 N–H and O–H groups in total. The molecule has 1 aromatic carbocycles. The number of oxime groups is 1. The molecule has 0 fully saturated rings. The van der Waals surface area contributed by atoms with E-state index >= 15 is 0 Å². The van der Waals surface area contributed by atoms with Gasteiger partial charge in [-0.1, -0.05) is 75.1 Å². The minimum atomic E-state index is -1.07. The average molecular weight is 363 g/mol. The van der Waals surface area contributed by atoms with Crippen molar-refractivity contribution in [2.24, 2.45) is 5.16 Å². The predicted octanol–water partition coefficient (Wildman–Crippen LogP) is 5.43. The number of hydrogen-bond donors (Lipinski definition) is 2. The zero-order valence-corrected chi connectivity index (χ0v) is 16.2. The molecule has 1 rings (SSSR count). The third-order valence-corrected chi connectivity index (χ3v) is 4.34. The highest BCUT2D eigenvalue weighted by Gasteiger charge is 2.11. The van der Waals surface area contributed by atoms with Crippen LogP contribution in [0.3, 0.4) is 0 Å². The van der Waals surface area contributed by atoms with Crippen molar-refractivity contribution in [1.82, 2.24) is 0 Å². The predicted molar refractivity (Wildman–Crippen MR) is 105 cm³/mol. The first-order valence-electron chi connectivity index (χ1n) is 9.75. The van der Waals surface area contributed by atoms with Gasteiger partial charge in [-0.3, -0.25) is 0 Å². The number of aryl methyl sites for hydroxylation is 1. The van der Waals surface area contributed by atoms with E-state index in [1.807, 2.05) is 19.1 Å². The number of phenols is 1. The van der Waals surface area contributed by atoms with Crippen LogP contribution in [-0.2, 0) is 9.63 Å².